The fraction of sp³-hybridized carbons (Fsp3) is 0.0408. The lowest BCUT2D eigenvalue weighted by Gasteiger charge is -2.30. The Kier molecular flexibility index (Phi) is 7.39. The zero-order chi connectivity index (χ0) is 36.4. The minimum atomic E-state index is -0.699. The molecule has 0 saturated carbocycles. The third-order valence-electron chi connectivity index (χ3n) is 10.9. The summed E-state index contributed by atoms with van der Waals surface area (Å²) in [5.41, 5.74) is 10.7. The van der Waals surface area contributed by atoms with Gasteiger partial charge in [0.2, 0.25) is 0 Å². The number of allylic oxidation sites excluding steroid dienone is 1. The molecular formula is C49H32N2O2S. The second-order valence-electron chi connectivity index (χ2n) is 13.9. The van der Waals surface area contributed by atoms with Crippen molar-refractivity contribution >= 4 is 57.4 Å². The molecule has 1 spiro atoms. The van der Waals surface area contributed by atoms with Gasteiger partial charge in [0.15, 0.2) is 12.1 Å². The zero-order valence-electron chi connectivity index (χ0n) is 29.4. The summed E-state index contributed by atoms with van der Waals surface area (Å²) in [4.78, 5) is 36.5. The van der Waals surface area contributed by atoms with Crippen LogP contribution in [0.25, 0.3) is 38.4 Å². The molecule has 10 rings (SSSR count). The van der Waals surface area contributed by atoms with Crippen LogP contribution in [0.5, 0.6) is 0 Å². The molecule has 0 fully saturated rings. The summed E-state index contributed by atoms with van der Waals surface area (Å²) in [5.74, 6) is 0.545. The monoisotopic (exact) mass is 712 g/mol. The minimum absolute atomic E-state index is 0.129. The molecule has 0 N–H and O–H groups in total. The third kappa shape index (κ3) is 4.72. The van der Waals surface area contributed by atoms with E-state index in [2.05, 4.69) is 120 Å². The van der Waals surface area contributed by atoms with Gasteiger partial charge in [-0.05, 0) is 106 Å². The molecule has 2 heterocycles. The number of ketones is 1. The number of thiophene rings is 1. The first-order valence-electron chi connectivity index (χ1n) is 18.0. The number of anilines is 3. The molecule has 0 bridgehead atoms. The SMILES string of the molecule is Cc1cc2ccccc2cc1C(=O)/C(C=O)=C\c1cc2c(s1)-c1ccc(N(c3ccccc3)c3ccccc3)nc1C21c2ccccc2-c2ccccc21. The standard InChI is InChI=1S/C49H32N2O2S/c1-31-26-32-14-8-9-15-33(32)28-41(31)46(53)34(30-52)27-37-29-44-47(54-37)40-24-25-45(51(35-16-4-2-5-17-35)36-18-6-3-7-19-36)50-48(40)49(44)42-22-12-10-20-38(42)39-21-11-13-23-43(39)49/h2-30H,1H3/b34-27-. The predicted molar refractivity (Wildman–Crippen MR) is 220 cm³/mol. The Morgan fingerprint density at radius 2 is 1.20 bits per heavy atom. The molecule has 0 radical (unpaired) electrons. The van der Waals surface area contributed by atoms with Gasteiger partial charge in [0.1, 0.15) is 5.82 Å². The van der Waals surface area contributed by atoms with E-state index in [9.17, 15) is 9.59 Å². The molecule has 54 heavy (non-hydrogen) atoms. The number of carbonyl (C=O) groups excluding carboxylic acids is 2. The molecule has 5 heteroatoms. The summed E-state index contributed by atoms with van der Waals surface area (Å²) in [7, 11) is 0. The first-order chi connectivity index (χ1) is 26.6. The summed E-state index contributed by atoms with van der Waals surface area (Å²) in [6, 6.07) is 56.3. The van der Waals surface area contributed by atoms with Gasteiger partial charge in [-0.25, -0.2) is 4.98 Å². The Labute approximate surface area is 317 Å². The Bertz CT molecular complexity index is 2750. The molecule has 2 aliphatic rings. The Balaban J connectivity index is 1.18. The number of aryl methyl sites for hydroxylation is 1. The zero-order valence-corrected chi connectivity index (χ0v) is 30.2. The smallest absolute Gasteiger partial charge is 0.196 e. The topological polar surface area (TPSA) is 50.3 Å². The van der Waals surface area contributed by atoms with Crippen molar-refractivity contribution in [2.24, 2.45) is 0 Å². The van der Waals surface area contributed by atoms with E-state index >= 15 is 0 Å². The van der Waals surface area contributed by atoms with Crippen molar-refractivity contribution in [1.29, 1.82) is 0 Å². The molecule has 0 atom stereocenters. The van der Waals surface area contributed by atoms with E-state index in [0.717, 1.165) is 60.1 Å². The number of aromatic nitrogens is 1. The number of carbonyl (C=O) groups is 2. The van der Waals surface area contributed by atoms with Gasteiger partial charge in [0.05, 0.1) is 16.7 Å². The first-order valence-corrected chi connectivity index (χ1v) is 18.8. The van der Waals surface area contributed by atoms with E-state index in [1.165, 1.54) is 22.3 Å². The van der Waals surface area contributed by atoms with Crippen molar-refractivity contribution in [3.8, 4) is 21.6 Å². The number of pyridine rings is 1. The largest absolute Gasteiger partial charge is 0.298 e. The van der Waals surface area contributed by atoms with Gasteiger partial charge in [0, 0.05) is 32.3 Å². The number of nitrogens with zero attached hydrogens (tertiary/aromatic N) is 2. The fourth-order valence-electron chi connectivity index (χ4n) is 8.54. The van der Waals surface area contributed by atoms with Crippen LogP contribution in [0.3, 0.4) is 0 Å². The van der Waals surface area contributed by atoms with Crippen molar-refractivity contribution in [2.45, 2.75) is 12.3 Å². The van der Waals surface area contributed by atoms with Gasteiger partial charge in [-0.15, -0.1) is 11.3 Å². The number of fused-ring (bicyclic) bond motifs is 11. The average molecular weight is 713 g/mol. The normalized spacial score (nSPS) is 13.3. The van der Waals surface area contributed by atoms with Gasteiger partial charge in [-0.3, -0.25) is 14.5 Å². The Morgan fingerprint density at radius 3 is 1.83 bits per heavy atom. The van der Waals surface area contributed by atoms with Crippen LogP contribution in [-0.2, 0) is 10.2 Å². The van der Waals surface area contributed by atoms with Gasteiger partial charge in [-0.2, -0.15) is 0 Å². The number of benzene rings is 6. The summed E-state index contributed by atoms with van der Waals surface area (Å²) >= 11 is 1.60. The van der Waals surface area contributed by atoms with Crippen LogP contribution in [0.15, 0.2) is 169 Å². The highest BCUT2D eigenvalue weighted by molar-refractivity contribution is 7.16. The second-order valence-corrected chi connectivity index (χ2v) is 14.9. The van der Waals surface area contributed by atoms with Crippen molar-refractivity contribution in [3.05, 3.63) is 208 Å². The van der Waals surface area contributed by atoms with Crippen molar-refractivity contribution in [1.82, 2.24) is 4.98 Å². The van der Waals surface area contributed by atoms with Gasteiger partial charge in [-0.1, -0.05) is 115 Å². The number of rotatable bonds is 7. The van der Waals surface area contributed by atoms with E-state index in [0.29, 0.717) is 11.8 Å². The Morgan fingerprint density at radius 1 is 0.630 bits per heavy atom. The molecule has 4 nitrogen and oxygen atoms in total. The van der Waals surface area contributed by atoms with Crippen LogP contribution in [0.1, 0.15) is 43.2 Å². The van der Waals surface area contributed by atoms with E-state index in [1.807, 2.05) is 55.5 Å². The molecule has 0 amide bonds. The fourth-order valence-corrected chi connectivity index (χ4v) is 9.73. The highest BCUT2D eigenvalue weighted by atomic mass is 32.1. The maximum Gasteiger partial charge on any atom is 0.196 e. The van der Waals surface area contributed by atoms with Crippen LogP contribution in [0, 0.1) is 6.92 Å². The van der Waals surface area contributed by atoms with Crippen LogP contribution in [-0.4, -0.2) is 17.1 Å². The molecule has 256 valence electrons. The van der Waals surface area contributed by atoms with E-state index in [4.69, 9.17) is 4.98 Å². The van der Waals surface area contributed by atoms with E-state index < -0.39 is 5.41 Å². The highest BCUT2D eigenvalue weighted by Crippen LogP contribution is 2.64. The van der Waals surface area contributed by atoms with Crippen LogP contribution in [0.2, 0.25) is 0 Å². The maximum atomic E-state index is 14.0. The van der Waals surface area contributed by atoms with Gasteiger partial charge >= 0.3 is 0 Å². The Hall–Kier alpha value is -6.69. The van der Waals surface area contributed by atoms with Crippen molar-refractivity contribution < 1.29 is 9.59 Å². The van der Waals surface area contributed by atoms with E-state index in [1.54, 1.807) is 17.4 Å². The molecule has 8 aromatic rings. The molecule has 2 aromatic heterocycles. The van der Waals surface area contributed by atoms with Crippen LogP contribution < -0.4 is 4.90 Å². The predicted octanol–water partition coefficient (Wildman–Crippen LogP) is 11.9. The average Bonchev–Trinajstić information content (AvgIpc) is 3.85. The van der Waals surface area contributed by atoms with Gasteiger partial charge < -0.3 is 0 Å². The lowest BCUT2D eigenvalue weighted by atomic mass is 9.73. The quantitative estimate of drug-likeness (QED) is 0.0543. The molecule has 0 unspecified atom stereocenters. The molecule has 0 saturated heterocycles. The third-order valence-corrected chi connectivity index (χ3v) is 12.0. The summed E-state index contributed by atoms with van der Waals surface area (Å²) < 4.78 is 0. The van der Waals surface area contributed by atoms with Gasteiger partial charge in [0.25, 0.3) is 0 Å². The number of aldehydes is 1. The maximum absolute atomic E-state index is 14.0. The minimum Gasteiger partial charge on any atom is -0.298 e. The molecule has 2 aliphatic carbocycles. The molecule has 0 aliphatic heterocycles. The molecule has 6 aromatic carbocycles. The summed E-state index contributed by atoms with van der Waals surface area (Å²) in [5, 5.41) is 2.03. The van der Waals surface area contributed by atoms with E-state index in [-0.39, 0.29) is 11.4 Å². The second kappa shape index (κ2) is 12.5. The van der Waals surface area contributed by atoms with Crippen molar-refractivity contribution in [3.63, 3.8) is 0 Å². The van der Waals surface area contributed by atoms with Crippen LogP contribution in [0.4, 0.5) is 17.2 Å². The number of para-hydroxylation sites is 2. The first kappa shape index (κ1) is 32.0. The lowest BCUT2D eigenvalue weighted by Crippen LogP contribution is -2.27. The number of Topliss-reactive ketones (excluding diaryl/α,β-unsaturated/α-hetero) is 1. The number of hydrogen-bond acceptors (Lipinski definition) is 5. The van der Waals surface area contributed by atoms with Crippen LogP contribution >= 0.6 is 11.3 Å². The molecular weight excluding hydrogens is 681 g/mol. The highest BCUT2D eigenvalue weighted by Gasteiger charge is 2.54. The summed E-state index contributed by atoms with van der Waals surface area (Å²) in [6.07, 6.45) is 2.46. The van der Waals surface area contributed by atoms with Crippen molar-refractivity contribution in [2.75, 3.05) is 4.90 Å². The summed E-state index contributed by atoms with van der Waals surface area (Å²) in [6.45, 7) is 1.93. The lowest BCUT2D eigenvalue weighted by molar-refractivity contribution is -0.104. The number of hydrogen-bond donors (Lipinski definition) is 0.